The van der Waals surface area contributed by atoms with Crippen LogP contribution in [-0.2, 0) is 4.74 Å². The van der Waals surface area contributed by atoms with Gasteiger partial charge in [-0.05, 0) is 35.9 Å². The molecule has 1 heterocycles. The summed E-state index contributed by atoms with van der Waals surface area (Å²) in [6.07, 6.45) is 0. The van der Waals surface area contributed by atoms with Crippen LogP contribution in [0.5, 0.6) is 5.75 Å². The molecular weight excluding hydrogens is 272 g/mol. The van der Waals surface area contributed by atoms with E-state index < -0.39 is 0 Å². The van der Waals surface area contributed by atoms with E-state index in [0.717, 1.165) is 17.1 Å². The molecule has 2 aromatic rings. The average molecular weight is 288 g/mol. The van der Waals surface area contributed by atoms with Gasteiger partial charge in [0.15, 0.2) is 6.79 Å². The van der Waals surface area contributed by atoms with Crippen molar-refractivity contribution < 1.29 is 9.47 Å². The molecule has 0 spiro atoms. The summed E-state index contributed by atoms with van der Waals surface area (Å²) in [5.41, 5.74) is 8.84. The Morgan fingerprint density at radius 3 is 2.75 bits per heavy atom. The van der Waals surface area contributed by atoms with E-state index in [0.29, 0.717) is 0 Å². The van der Waals surface area contributed by atoms with Gasteiger partial charge in [0.25, 0.3) is 0 Å². The highest BCUT2D eigenvalue weighted by molar-refractivity contribution is 8.00. The second-order valence-electron chi connectivity index (χ2n) is 4.52. The number of nitrogens with one attached hydrogen (secondary N) is 1. The van der Waals surface area contributed by atoms with Crippen molar-refractivity contribution in [3.8, 4) is 5.75 Å². The van der Waals surface area contributed by atoms with Gasteiger partial charge in [-0.1, -0.05) is 23.9 Å². The number of ether oxygens (including phenoxy) is 2. The van der Waals surface area contributed by atoms with Gasteiger partial charge in [-0.15, -0.1) is 0 Å². The molecule has 0 saturated carbocycles. The Bertz CT molecular complexity index is 601. The number of rotatable bonds is 4. The maximum absolute atomic E-state index is 5.72. The van der Waals surface area contributed by atoms with Crippen molar-refractivity contribution in [1.29, 1.82) is 0 Å². The zero-order valence-electron chi connectivity index (χ0n) is 11.1. The summed E-state index contributed by atoms with van der Waals surface area (Å²) in [5.74, 6) is 0.817. The molecule has 0 amide bonds. The molecule has 104 valence electrons. The van der Waals surface area contributed by atoms with E-state index in [2.05, 4.69) is 5.32 Å². The second-order valence-corrected chi connectivity index (χ2v) is 5.66. The van der Waals surface area contributed by atoms with Crippen LogP contribution in [-0.4, -0.2) is 13.9 Å². The third-order valence-electron chi connectivity index (χ3n) is 3.07. The van der Waals surface area contributed by atoms with Gasteiger partial charge in [-0.25, -0.2) is 0 Å². The normalized spacial score (nSPS) is 16.6. The Morgan fingerprint density at radius 1 is 1.20 bits per heavy atom. The SMILES string of the molecule is COCOc1ccc2c(c1)SC(c1ccc(N)cc1)N2. The van der Waals surface area contributed by atoms with Crippen LogP contribution in [0.25, 0.3) is 0 Å². The lowest BCUT2D eigenvalue weighted by Crippen LogP contribution is -2.01. The van der Waals surface area contributed by atoms with Crippen LogP contribution in [0.3, 0.4) is 0 Å². The topological polar surface area (TPSA) is 56.5 Å². The van der Waals surface area contributed by atoms with Crippen LogP contribution in [0, 0.1) is 0 Å². The first-order chi connectivity index (χ1) is 9.76. The molecule has 0 fully saturated rings. The summed E-state index contributed by atoms with van der Waals surface area (Å²) in [6, 6.07) is 14.0. The minimum Gasteiger partial charge on any atom is -0.468 e. The molecule has 0 radical (unpaired) electrons. The van der Waals surface area contributed by atoms with Crippen molar-refractivity contribution in [3.63, 3.8) is 0 Å². The minimum absolute atomic E-state index is 0.211. The number of fused-ring (bicyclic) bond motifs is 1. The molecule has 1 aliphatic rings. The highest BCUT2D eigenvalue weighted by atomic mass is 32.2. The molecular formula is C15H16N2O2S. The molecule has 3 rings (SSSR count). The Hall–Kier alpha value is -1.85. The summed E-state index contributed by atoms with van der Waals surface area (Å²) in [5, 5.41) is 3.70. The fourth-order valence-corrected chi connectivity index (χ4v) is 3.23. The van der Waals surface area contributed by atoms with Crippen molar-refractivity contribution in [3.05, 3.63) is 48.0 Å². The molecule has 1 aliphatic heterocycles. The monoisotopic (exact) mass is 288 g/mol. The van der Waals surface area contributed by atoms with Gasteiger partial charge in [0.2, 0.25) is 0 Å². The number of hydrogen-bond donors (Lipinski definition) is 2. The Balaban J connectivity index is 1.76. The van der Waals surface area contributed by atoms with Crippen molar-refractivity contribution >= 4 is 23.1 Å². The summed E-state index contributed by atoms with van der Waals surface area (Å²) >= 11 is 1.77. The summed E-state index contributed by atoms with van der Waals surface area (Å²) in [7, 11) is 1.61. The molecule has 2 aromatic carbocycles. The highest BCUT2D eigenvalue weighted by Gasteiger charge is 2.23. The van der Waals surface area contributed by atoms with Crippen LogP contribution < -0.4 is 15.8 Å². The molecule has 0 saturated heterocycles. The Kier molecular flexibility index (Phi) is 3.71. The van der Waals surface area contributed by atoms with E-state index in [1.165, 1.54) is 10.5 Å². The fourth-order valence-electron chi connectivity index (χ4n) is 2.06. The highest BCUT2D eigenvalue weighted by Crippen LogP contribution is 2.47. The van der Waals surface area contributed by atoms with Crippen molar-refractivity contribution in [2.45, 2.75) is 10.3 Å². The fraction of sp³-hybridized carbons (Fsp3) is 0.200. The summed E-state index contributed by atoms with van der Waals surface area (Å²) < 4.78 is 10.4. The molecule has 0 bridgehead atoms. The molecule has 4 nitrogen and oxygen atoms in total. The third-order valence-corrected chi connectivity index (χ3v) is 4.28. The van der Waals surface area contributed by atoms with E-state index in [4.69, 9.17) is 15.2 Å². The number of anilines is 2. The van der Waals surface area contributed by atoms with Crippen LogP contribution in [0.1, 0.15) is 10.9 Å². The van der Waals surface area contributed by atoms with Gasteiger partial charge in [0, 0.05) is 23.4 Å². The number of nitrogens with two attached hydrogens (primary N) is 1. The van der Waals surface area contributed by atoms with Crippen LogP contribution in [0.2, 0.25) is 0 Å². The standard InChI is InChI=1S/C15H16N2O2S/c1-18-9-19-12-6-7-13-14(8-12)20-15(17-13)10-2-4-11(16)5-3-10/h2-8,15,17H,9,16H2,1H3. The number of thioether (sulfide) groups is 1. The molecule has 3 N–H and O–H groups in total. The van der Waals surface area contributed by atoms with Gasteiger partial charge in [0.05, 0.1) is 0 Å². The van der Waals surface area contributed by atoms with E-state index >= 15 is 0 Å². The predicted octanol–water partition coefficient (Wildman–Crippen LogP) is 3.47. The maximum Gasteiger partial charge on any atom is 0.188 e. The van der Waals surface area contributed by atoms with Crippen LogP contribution in [0.4, 0.5) is 11.4 Å². The Morgan fingerprint density at radius 2 is 2.00 bits per heavy atom. The molecule has 20 heavy (non-hydrogen) atoms. The maximum atomic E-state index is 5.72. The lowest BCUT2D eigenvalue weighted by atomic mass is 10.2. The molecule has 1 unspecified atom stereocenters. The lowest BCUT2D eigenvalue weighted by Gasteiger charge is -2.10. The average Bonchev–Trinajstić information content (AvgIpc) is 2.89. The van der Waals surface area contributed by atoms with Gasteiger partial charge in [-0.3, -0.25) is 0 Å². The number of methoxy groups -OCH3 is 1. The summed E-state index contributed by atoms with van der Waals surface area (Å²) in [6.45, 7) is 0.262. The van der Waals surface area contributed by atoms with Crippen molar-refractivity contribution in [2.24, 2.45) is 0 Å². The Labute approximate surface area is 122 Å². The molecule has 0 aromatic heterocycles. The predicted molar refractivity (Wildman–Crippen MR) is 82.0 cm³/mol. The van der Waals surface area contributed by atoms with Crippen LogP contribution >= 0.6 is 11.8 Å². The first-order valence-electron chi connectivity index (χ1n) is 6.30. The van der Waals surface area contributed by atoms with Gasteiger partial charge < -0.3 is 20.5 Å². The van der Waals surface area contributed by atoms with E-state index in [-0.39, 0.29) is 12.2 Å². The van der Waals surface area contributed by atoms with E-state index in [1.54, 1.807) is 18.9 Å². The van der Waals surface area contributed by atoms with Gasteiger partial charge >= 0.3 is 0 Å². The molecule has 1 atom stereocenters. The largest absolute Gasteiger partial charge is 0.468 e. The number of nitrogen functional groups attached to an aromatic ring is 1. The number of hydrogen-bond acceptors (Lipinski definition) is 5. The zero-order chi connectivity index (χ0) is 13.9. The first kappa shape index (κ1) is 13.1. The van der Waals surface area contributed by atoms with E-state index in [1.807, 2.05) is 42.5 Å². The van der Waals surface area contributed by atoms with E-state index in [9.17, 15) is 0 Å². The van der Waals surface area contributed by atoms with Crippen LogP contribution in [0.15, 0.2) is 47.4 Å². The smallest absolute Gasteiger partial charge is 0.188 e. The lowest BCUT2D eigenvalue weighted by molar-refractivity contribution is 0.0510. The molecule has 0 aliphatic carbocycles. The van der Waals surface area contributed by atoms with Crippen molar-refractivity contribution in [1.82, 2.24) is 0 Å². The quantitative estimate of drug-likeness (QED) is 0.666. The summed E-state index contributed by atoms with van der Waals surface area (Å²) in [4.78, 5) is 1.18. The van der Waals surface area contributed by atoms with Crippen molar-refractivity contribution in [2.75, 3.05) is 25.0 Å². The van der Waals surface area contributed by atoms with Gasteiger partial charge in [-0.2, -0.15) is 0 Å². The second kappa shape index (κ2) is 5.64. The van der Waals surface area contributed by atoms with Gasteiger partial charge in [0.1, 0.15) is 11.1 Å². The first-order valence-corrected chi connectivity index (χ1v) is 7.18. The number of benzene rings is 2. The third kappa shape index (κ3) is 2.69. The zero-order valence-corrected chi connectivity index (χ0v) is 11.9. The molecule has 5 heteroatoms. The minimum atomic E-state index is 0.211.